The smallest absolute Gasteiger partial charge is 0.327 e. The monoisotopic (exact) mass is 343 g/mol. The van der Waals surface area contributed by atoms with Gasteiger partial charge in [0.15, 0.2) is 0 Å². The lowest BCUT2D eigenvalue weighted by atomic mass is 9.87. The minimum atomic E-state index is -0.966. The molecule has 1 aromatic carbocycles. The lowest BCUT2D eigenvalue weighted by molar-refractivity contribution is -0.139. The number of nitrogens with one attached hydrogen (secondary N) is 3. The molecule has 0 saturated heterocycles. The van der Waals surface area contributed by atoms with E-state index in [0.29, 0.717) is 11.3 Å². The second-order valence-corrected chi connectivity index (χ2v) is 6.50. The molecule has 0 saturated carbocycles. The van der Waals surface area contributed by atoms with Crippen molar-refractivity contribution in [1.82, 2.24) is 16.2 Å². The Hall–Kier alpha value is -3.09. The van der Waals surface area contributed by atoms with Crippen LogP contribution in [-0.2, 0) is 21.5 Å². The normalized spacial score (nSPS) is 10.8. The topological polar surface area (TPSA) is 100 Å². The summed E-state index contributed by atoms with van der Waals surface area (Å²) in [7, 11) is 0. The minimum absolute atomic E-state index is 0.0185. The van der Waals surface area contributed by atoms with E-state index in [1.54, 1.807) is 24.3 Å². The Morgan fingerprint density at radius 1 is 0.960 bits per heavy atom. The predicted molar refractivity (Wildman–Crippen MR) is 91.3 cm³/mol. The summed E-state index contributed by atoms with van der Waals surface area (Å²) < 4.78 is 5.04. The molecule has 0 aliphatic heterocycles. The molecule has 0 atom stereocenters. The van der Waals surface area contributed by atoms with E-state index in [9.17, 15) is 14.4 Å². The number of rotatable bonds is 3. The van der Waals surface area contributed by atoms with Crippen molar-refractivity contribution >= 4 is 17.7 Å². The average Bonchev–Trinajstić information content (AvgIpc) is 3.10. The SMILES string of the molecule is CC(C)(C)c1ccc(C(=O)NNC(=O)C(=O)NCc2ccco2)cc1. The highest BCUT2D eigenvalue weighted by Crippen LogP contribution is 2.22. The van der Waals surface area contributed by atoms with E-state index in [4.69, 9.17) is 4.42 Å². The molecule has 0 radical (unpaired) electrons. The number of hydrogen-bond donors (Lipinski definition) is 3. The molecular formula is C18H21N3O4. The zero-order chi connectivity index (χ0) is 18.4. The number of benzene rings is 1. The Balaban J connectivity index is 1.82. The maximum Gasteiger partial charge on any atom is 0.327 e. The fourth-order valence-electron chi connectivity index (χ4n) is 2.02. The molecule has 1 heterocycles. The van der Waals surface area contributed by atoms with Gasteiger partial charge in [0.2, 0.25) is 0 Å². The van der Waals surface area contributed by atoms with Gasteiger partial charge >= 0.3 is 11.8 Å². The van der Waals surface area contributed by atoms with Crippen LogP contribution in [0.1, 0.15) is 42.5 Å². The zero-order valence-electron chi connectivity index (χ0n) is 14.4. The van der Waals surface area contributed by atoms with E-state index >= 15 is 0 Å². The minimum Gasteiger partial charge on any atom is -0.467 e. The quantitative estimate of drug-likeness (QED) is 0.583. The van der Waals surface area contributed by atoms with Gasteiger partial charge in [-0.05, 0) is 35.2 Å². The molecule has 0 bridgehead atoms. The first-order valence-corrected chi connectivity index (χ1v) is 7.79. The molecule has 0 aliphatic carbocycles. The zero-order valence-corrected chi connectivity index (χ0v) is 14.4. The molecule has 3 amide bonds. The van der Waals surface area contributed by atoms with Gasteiger partial charge in [-0.15, -0.1) is 0 Å². The van der Waals surface area contributed by atoms with Gasteiger partial charge < -0.3 is 9.73 Å². The van der Waals surface area contributed by atoms with E-state index in [1.165, 1.54) is 6.26 Å². The number of furan rings is 1. The molecule has 0 aliphatic rings. The molecule has 132 valence electrons. The Labute approximate surface area is 145 Å². The number of hydrazine groups is 1. The summed E-state index contributed by atoms with van der Waals surface area (Å²) in [6.07, 6.45) is 1.46. The number of hydrogen-bond acceptors (Lipinski definition) is 4. The van der Waals surface area contributed by atoms with E-state index in [-0.39, 0.29) is 12.0 Å². The number of carbonyl (C=O) groups excluding carboxylic acids is 3. The standard InChI is InChI=1S/C18H21N3O4/c1-18(2,3)13-8-6-12(7-9-13)15(22)20-21-17(24)16(23)19-11-14-5-4-10-25-14/h4-10H,11H2,1-3H3,(H,19,23)(H,20,22)(H,21,24). The molecule has 25 heavy (non-hydrogen) atoms. The molecule has 2 aromatic rings. The highest BCUT2D eigenvalue weighted by Gasteiger charge is 2.16. The highest BCUT2D eigenvalue weighted by molar-refractivity contribution is 6.35. The molecular weight excluding hydrogens is 322 g/mol. The van der Waals surface area contributed by atoms with E-state index in [1.807, 2.05) is 12.1 Å². The number of carbonyl (C=O) groups is 3. The lowest BCUT2D eigenvalue weighted by Crippen LogP contribution is -2.48. The molecule has 2 rings (SSSR count). The van der Waals surface area contributed by atoms with Crippen LogP contribution in [0, 0.1) is 0 Å². The molecule has 3 N–H and O–H groups in total. The van der Waals surface area contributed by atoms with Crippen molar-refractivity contribution < 1.29 is 18.8 Å². The first-order valence-electron chi connectivity index (χ1n) is 7.79. The van der Waals surface area contributed by atoms with Crippen LogP contribution < -0.4 is 16.2 Å². The van der Waals surface area contributed by atoms with Crippen LogP contribution in [0.5, 0.6) is 0 Å². The fourth-order valence-corrected chi connectivity index (χ4v) is 2.02. The lowest BCUT2D eigenvalue weighted by Gasteiger charge is -2.19. The third-order valence-corrected chi connectivity index (χ3v) is 3.51. The summed E-state index contributed by atoms with van der Waals surface area (Å²) in [6.45, 7) is 6.30. The van der Waals surface area contributed by atoms with Crippen molar-refractivity contribution in [3.8, 4) is 0 Å². The molecule has 0 fully saturated rings. The van der Waals surface area contributed by atoms with Crippen LogP contribution in [0.2, 0.25) is 0 Å². The molecule has 0 spiro atoms. The Morgan fingerprint density at radius 2 is 1.64 bits per heavy atom. The van der Waals surface area contributed by atoms with Gasteiger partial charge in [-0.25, -0.2) is 0 Å². The van der Waals surface area contributed by atoms with Crippen molar-refractivity contribution in [3.05, 3.63) is 59.5 Å². The van der Waals surface area contributed by atoms with Crippen LogP contribution in [-0.4, -0.2) is 17.7 Å². The Kier molecular flexibility index (Phi) is 5.59. The first kappa shape index (κ1) is 18.3. The Morgan fingerprint density at radius 3 is 2.20 bits per heavy atom. The van der Waals surface area contributed by atoms with Gasteiger partial charge in [0.25, 0.3) is 5.91 Å². The van der Waals surface area contributed by atoms with Crippen molar-refractivity contribution in [3.63, 3.8) is 0 Å². The summed E-state index contributed by atoms with van der Waals surface area (Å²) in [6, 6.07) is 10.4. The van der Waals surface area contributed by atoms with Crippen LogP contribution in [0.25, 0.3) is 0 Å². The van der Waals surface area contributed by atoms with Crippen LogP contribution in [0.15, 0.2) is 47.1 Å². The maximum absolute atomic E-state index is 12.0. The second kappa shape index (κ2) is 7.65. The molecule has 1 aromatic heterocycles. The highest BCUT2D eigenvalue weighted by atomic mass is 16.3. The summed E-state index contributed by atoms with van der Waals surface area (Å²) in [5.74, 6) is -1.83. The Bertz CT molecular complexity index is 744. The van der Waals surface area contributed by atoms with Crippen molar-refractivity contribution in [2.24, 2.45) is 0 Å². The van der Waals surface area contributed by atoms with E-state index in [2.05, 4.69) is 36.9 Å². The van der Waals surface area contributed by atoms with Gasteiger partial charge in [0.05, 0.1) is 12.8 Å². The summed E-state index contributed by atoms with van der Waals surface area (Å²) in [5, 5.41) is 2.38. The molecule has 0 unspecified atom stereocenters. The summed E-state index contributed by atoms with van der Waals surface area (Å²) in [4.78, 5) is 35.3. The van der Waals surface area contributed by atoms with Gasteiger partial charge in [-0.3, -0.25) is 25.2 Å². The van der Waals surface area contributed by atoms with Gasteiger partial charge in [-0.1, -0.05) is 32.9 Å². The largest absolute Gasteiger partial charge is 0.467 e. The van der Waals surface area contributed by atoms with Crippen molar-refractivity contribution in [2.45, 2.75) is 32.7 Å². The first-order chi connectivity index (χ1) is 11.8. The van der Waals surface area contributed by atoms with Gasteiger partial charge in [0.1, 0.15) is 5.76 Å². The van der Waals surface area contributed by atoms with Crippen molar-refractivity contribution in [1.29, 1.82) is 0 Å². The second-order valence-electron chi connectivity index (χ2n) is 6.50. The van der Waals surface area contributed by atoms with Gasteiger partial charge in [0, 0.05) is 5.56 Å². The van der Waals surface area contributed by atoms with Gasteiger partial charge in [-0.2, -0.15) is 0 Å². The maximum atomic E-state index is 12.0. The van der Waals surface area contributed by atoms with Crippen LogP contribution in [0.3, 0.4) is 0 Å². The third-order valence-electron chi connectivity index (χ3n) is 3.51. The number of amides is 3. The van der Waals surface area contributed by atoms with Crippen LogP contribution >= 0.6 is 0 Å². The molecule has 7 nitrogen and oxygen atoms in total. The third kappa shape index (κ3) is 5.20. The van der Waals surface area contributed by atoms with Crippen molar-refractivity contribution in [2.75, 3.05) is 0 Å². The summed E-state index contributed by atoms with van der Waals surface area (Å²) >= 11 is 0. The van der Waals surface area contributed by atoms with E-state index in [0.717, 1.165) is 5.56 Å². The fraction of sp³-hybridized carbons (Fsp3) is 0.278. The van der Waals surface area contributed by atoms with E-state index < -0.39 is 17.7 Å². The van der Waals surface area contributed by atoms with Crippen LogP contribution in [0.4, 0.5) is 0 Å². The molecule has 7 heteroatoms. The predicted octanol–water partition coefficient (Wildman–Crippen LogP) is 1.65. The average molecular weight is 343 g/mol. The summed E-state index contributed by atoms with van der Waals surface area (Å²) in [5.41, 5.74) is 5.73.